The minimum absolute atomic E-state index is 0.156. The molecule has 2 unspecified atom stereocenters. The van der Waals surface area contributed by atoms with Crippen molar-refractivity contribution in [2.75, 3.05) is 12.9 Å². The molecule has 0 saturated carbocycles. The summed E-state index contributed by atoms with van der Waals surface area (Å²) in [4.78, 5) is 2.10. The van der Waals surface area contributed by atoms with E-state index in [1.54, 1.807) is 6.08 Å². The normalized spacial score (nSPS) is 18.9. The highest BCUT2D eigenvalue weighted by atomic mass is 35.5. The van der Waals surface area contributed by atoms with E-state index in [0.29, 0.717) is 5.71 Å². The lowest BCUT2D eigenvalue weighted by Crippen LogP contribution is -2.31. The third-order valence-corrected chi connectivity index (χ3v) is 4.10. The maximum atomic E-state index is 7.34. The van der Waals surface area contributed by atoms with Crippen LogP contribution in [0.4, 0.5) is 0 Å². The van der Waals surface area contributed by atoms with E-state index in [1.165, 1.54) is 31.4 Å². The SMILES string of the molecule is CC1=CNC(/C=C\C(=N)CCl)N1C.CCCCC(C)CC. The molecule has 1 aliphatic rings. The Labute approximate surface area is 135 Å². The van der Waals surface area contributed by atoms with Crippen molar-refractivity contribution in [3.63, 3.8) is 0 Å². The van der Waals surface area contributed by atoms with E-state index >= 15 is 0 Å². The Bertz CT molecular complexity index is 350. The van der Waals surface area contributed by atoms with Crippen molar-refractivity contribution >= 4 is 17.3 Å². The van der Waals surface area contributed by atoms with E-state index in [9.17, 15) is 0 Å². The fourth-order valence-electron chi connectivity index (χ4n) is 1.83. The Morgan fingerprint density at radius 3 is 2.62 bits per heavy atom. The lowest BCUT2D eigenvalue weighted by Gasteiger charge is -2.20. The van der Waals surface area contributed by atoms with Crippen LogP contribution in [0, 0.1) is 11.3 Å². The van der Waals surface area contributed by atoms with Crippen molar-refractivity contribution in [2.24, 2.45) is 5.92 Å². The standard InChI is InChI=1S/C9H14ClN3.C8H18/c1-7-6-12-9(13(7)2)4-3-8(11)5-10;1-4-6-7-8(3)5-2/h3-4,6,9,11-12H,5H2,1-2H3;8H,4-7H2,1-3H3/b4-3-,11-8?;. The summed E-state index contributed by atoms with van der Waals surface area (Å²) in [7, 11) is 2.01. The van der Waals surface area contributed by atoms with Gasteiger partial charge in [0.05, 0.1) is 5.88 Å². The van der Waals surface area contributed by atoms with Crippen LogP contribution in [0.3, 0.4) is 0 Å². The highest BCUT2D eigenvalue weighted by Gasteiger charge is 2.15. The Balaban J connectivity index is 0.000000433. The molecule has 122 valence electrons. The molecule has 0 spiro atoms. The van der Waals surface area contributed by atoms with Crippen LogP contribution in [0.2, 0.25) is 0 Å². The van der Waals surface area contributed by atoms with Crippen molar-refractivity contribution in [1.82, 2.24) is 10.2 Å². The first-order valence-corrected chi connectivity index (χ1v) is 8.46. The Morgan fingerprint density at radius 1 is 1.52 bits per heavy atom. The summed E-state index contributed by atoms with van der Waals surface area (Å²) in [6.07, 6.45) is 11.3. The van der Waals surface area contributed by atoms with E-state index in [1.807, 2.05) is 26.2 Å². The number of likely N-dealkylation sites (N-methyl/N-ethyl adjacent to an activating group) is 1. The predicted molar refractivity (Wildman–Crippen MR) is 95.0 cm³/mol. The van der Waals surface area contributed by atoms with Gasteiger partial charge in [-0.3, -0.25) is 0 Å². The minimum Gasteiger partial charge on any atom is -0.367 e. The molecule has 0 aliphatic carbocycles. The molecule has 4 heteroatoms. The lowest BCUT2D eigenvalue weighted by molar-refractivity contribution is 0.366. The number of nitrogens with zero attached hydrogens (tertiary/aromatic N) is 1. The summed E-state index contributed by atoms with van der Waals surface area (Å²) in [5.41, 5.74) is 1.62. The number of unbranched alkanes of at least 4 members (excludes halogenated alkanes) is 1. The Hall–Kier alpha value is -0.960. The fraction of sp³-hybridized carbons (Fsp3) is 0.706. The molecule has 1 rings (SSSR count). The zero-order valence-electron chi connectivity index (χ0n) is 14.2. The van der Waals surface area contributed by atoms with Gasteiger partial charge in [-0.05, 0) is 25.0 Å². The van der Waals surface area contributed by atoms with E-state index in [4.69, 9.17) is 17.0 Å². The molecule has 0 aromatic heterocycles. The van der Waals surface area contributed by atoms with Gasteiger partial charge in [0.15, 0.2) is 0 Å². The van der Waals surface area contributed by atoms with Crippen LogP contribution < -0.4 is 5.32 Å². The summed E-state index contributed by atoms with van der Waals surface area (Å²) in [6.45, 7) is 8.88. The maximum Gasteiger partial charge on any atom is 0.118 e. The molecule has 0 radical (unpaired) electrons. The third-order valence-electron chi connectivity index (χ3n) is 3.81. The number of halogens is 1. The predicted octanol–water partition coefficient (Wildman–Crippen LogP) is 4.75. The Morgan fingerprint density at radius 2 is 2.19 bits per heavy atom. The molecule has 0 fully saturated rings. The second-order valence-corrected chi connectivity index (χ2v) is 5.95. The summed E-state index contributed by atoms with van der Waals surface area (Å²) < 4.78 is 0. The monoisotopic (exact) mass is 313 g/mol. The number of hydrogen-bond donors (Lipinski definition) is 2. The van der Waals surface area contributed by atoms with Crippen molar-refractivity contribution in [2.45, 2.75) is 59.5 Å². The maximum absolute atomic E-state index is 7.34. The first-order valence-electron chi connectivity index (χ1n) is 7.93. The van der Waals surface area contributed by atoms with Crippen LogP contribution in [-0.4, -0.2) is 29.7 Å². The van der Waals surface area contributed by atoms with E-state index < -0.39 is 0 Å². The van der Waals surface area contributed by atoms with E-state index in [0.717, 1.165) is 5.92 Å². The highest BCUT2D eigenvalue weighted by Crippen LogP contribution is 2.11. The third kappa shape index (κ3) is 8.82. The quantitative estimate of drug-likeness (QED) is 0.526. The number of allylic oxidation sites excluding steroid dienone is 2. The minimum atomic E-state index is 0.156. The van der Waals surface area contributed by atoms with Gasteiger partial charge in [0.25, 0.3) is 0 Å². The van der Waals surface area contributed by atoms with E-state index in [2.05, 4.69) is 31.0 Å². The van der Waals surface area contributed by atoms with Gasteiger partial charge in [-0.2, -0.15) is 0 Å². The molecule has 3 nitrogen and oxygen atoms in total. The van der Waals surface area contributed by atoms with Crippen LogP contribution in [0.5, 0.6) is 0 Å². The highest BCUT2D eigenvalue weighted by molar-refractivity contribution is 6.29. The molecule has 21 heavy (non-hydrogen) atoms. The van der Waals surface area contributed by atoms with Gasteiger partial charge in [0, 0.05) is 24.7 Å². The van der Waals surface area contributed by atoms with Crippen molar-refractivity contribution in [3.05, 3.63) is 24.0 Å². The van der Waals surface area contributed by atoms with Crippen molar-refractivity contribution in [1.29, 1.82) is 5.41 Å². The lowest BCUT2D eigenvalue weighted by atomic mass is 10.0. The molecule has 2 atom stereocenters. The van der Waals surface area contributed by atoms with Crippen molar-refractivity contribution in [3.8, 4) is 0 Å². The van der Waals surface area contributed by atoms with Crippen LogP contribution in [0.25, 0.3) is 0 Å². The smallest absolute Gasteiger partial charge is 0.118 e. The molecule has 0 aromatic rings. The molecule has 0 aromatic carbocycles. The molecule has 2 N–H and O–H groups in total. The van der Waals surface area contributed by atoms with Gasteiger partial charge >= 0.3 is 0 Å². The molecule has 0 amide bonds. The number of hydrogen-bond acceptors (Lipinski definition) is 3. The van der Waals surface area contributed by atoms with Crippen molar-refractivity contribution < 1.29 is 0 Å². The number of nitrogens with one attached hydrogen (secondary N) is 2. The average Bonchev–Trinajstić information content (AvgIpc) is 2.82. The zero-order chi connectivity index (χ0) is 16.3. The zero-order valence-corrected chi connectivity index (χ0v) is 15.0. The molecule has 0 saturated heterocycles. The first-order chi connectivity index (χ1) is 9.96. The van der Waals surface area contributed by atoms with Gasteiger partial charge in [-0.1, -0.05) is 46.5 Å². The van der Waals surface area contributed by atoms with Crippen LogP contribution in [0.1, 0.15) is 53.4 Å². The largest absolute Gasteiger partial charge is 0.367 e. The Kier molecular flexibility index (Phi) is 11.1. The summed E-state index contributed by atoms with van der Waals surface area (Å²) in [5.74, 6) is 1.22. The van der Waals surface area contributed by atoms with Crippen LogP contribution in [-0.2, 0) is 0 Å². The molecular weight excluding hydrogens is 282 g/mol. The molecule has 1 heterocycles. The number of rotatable bonds is 7. The second-order valence-electron chi connectivity index (χ2n) is 5.68. The van der Waals surface area contributed by atoms with Gasteiger partial charge in [-0.15, -0.1) is 11.6 Å². The van der Waals surface area contributed by atoms with Gasteiger partial charge in [-0.25, -0.2) is 0 Å². The first kappa shape index (κ1) is 20.0. The molecule has 0 bridgehead atoms. The van der Waals surface area contributed by atoms with E-state index in [-0.39, 0.29) is 12.0 Å². The van der Waals surface area contributed by atoms with Crippen LogP contribution in [0.15, 0.2) is 24.0 Å². The van der Waals surface area contributed by atoms with Crippen LogP contribution >= 0.6 is 11.6 Å². The summed E-state index contributed by atoms with van der Waals surface area (Å²) in [5, 5.41) is 10.5. The van der Waals surface area contributed by atoms with Gasteiger partial charge in [0.1, 0.15) is 6.17 Å². The fourth-order valence-corrected chi connectivity index (χ4v) is 1.92. The molecule has 1 aliphatic heterocycles. The molecular formula is C17H32ClN3. The average molecular weight is 314 g/mol. The second kappa shape index (κ2) is 11.7. The van der Waals surface area contributed by atoms with Gasteiger partial charge in [0.2, 0.25) is 0 Å². The topological polar surface area (TPSA) is 39.1 Å². The summed E-state index contributed by atoms with van der Waals surface area (Å²) in [6, 6.07) is 0. The van der Waals surface area contributed by atoms with Gasteiger partial charge < -0.3 is 15.6 Å². The summed E-state index contributed by atoms with van der Waals surface area (Å²) >= 11 is 5.48. The number of alkyl halides is 1.